The molecule has 4 unspecified atom stereocenters. The van der Waals surface area contributed by atoms with Crippen molar-refractivity contribution in [3.63, 3.8) is 0 Å². The molecule has 3 aliphatic rings. The summed E-state index contributed by atoms with van der Waals surface area (Å²) in [5.74, 6) is 7.16. The molecule has 0 saturated heterocycles. The molecule has 0 aliphatic heterocycles. The lowest BCUT2D eigenvalue weighted by atomic mass is 9.69. The predicted molar refractivity (Wildman–Crippen MR) is 86.3 cm³/mol. The lowest BCUT2D eigenvalue weighted by Crippen LogP contribution is -2.26. The number of hydrogen-bond acceptors (Lipinski definition) is 1. The molecule has 0 amide bonds. The molecule has 0 N–H and O–H groups in total. The van der Waals surface area contributed by atoms with Gasteiger partial charge in [0.05, 0.1) is 0 Å². The third-order valence-corrected chi connectivity index (χ3v) is 6.83. The average molecular weight is 286 g/mol. The first-order valence-electron chi connectivity index (χ1n) is 9.37. The summed E-state index contributed by atoms with van der Waals surface area (Å²) >= 11 is 0. The Balaban J connectivity index is 1.46. The minimum Gasteiger partial charge on any atom is -0.466 e. The summed E-state index contributed by atoms with van der Waals surface area (Å²) in [6.45, 7) is 2.08. The first-order chi connectivity index (χ1) is 10.3. The summed E-state index contributed by atoms with van der Waals surface area (Å²) in [4.78, 5) is 0. The molecule has 4 atom stereocenters. The Morgan fingerprint density at radius 2 is 1.76 bits per heavy atom. The van der Waals surface area contributed by atoms with E-state index < -0.39 is 0 Å². The van der Waals surface area contributed by atoms with Gasteiger partial charge in [0.2, 0.25) is 0 Å². The molecule has 0 radical (unpaired) electrons. The van der Waals surface area contributed by atoms with E-state index in [4.69, 9.17) is 4.42 Å². The van der Waals surface area contributed by atoms with Crippen LogP contribution in [0.1, 0.15) is 81.6 Å². The van der Waals surface area contributed by atoms with E-state index in [9.17, 15) is 0 Å². The van der Waals surface area contributed by atoms with Crippen molar-refractivity contribution in [2.24, 2.45) is 23.7 Å². The van der Waals surface area contributed by atoms with Crippen LogP contribution in [0.15, 0.2) is 16.5 Å². The Morgan fingerprint density at radius 1 is 0.905 bits per heavy atom. The fourth-order valence-electron chi connectivity index (χ4n) is 5.89. The summed E-state index contributed by atoms with van der Waals surface area (Å²) in [6, 6.07) is 4.41. The molecule has 1 nitrogen and oxygen atoms in total. The summed E-state index contributed by atoms with van der Waals surface area (Å²) in [5.41, 5.74) is 0. The highest BCUT2D eigenvalue weighted by atomic mass is 16.3. The third kappa shape index (κ3) is 2.69. The Morgan fingerprint density at radius 3 is 2.52 bits per heavy atom. The largest absolute Gasteiger partial charge is 0.466 e. The van der Waals surface area contributed by atoms with Gasteiger partial charge in [-0.15, -0.1) is 0 Å². The van der Waals surface area contributed by atoms with Crippen molar-refractivity contribution < 1.29 is 4.42 Å². The zero-order valence-electron chi connectivity index (χ0n) is 13.5. The van der Waals surface area contributed by atoms with Gasteiger partial charge in [-0.25, -0.2) is 0 Å². The smallest absolute Gasteiger partial charge is 0.107 e. The topological polar surface area (TPSA) is 13.1 Å². The highest BCUT2D eigenvalue weighted by molar-refractivity contribution is 5.14. The first kappa shape index (κ1) is 13.9. The number of fused-ring (bicyclic) bond motifs is 1. The molecule has 1 heteroatoms. The second-order valence-electron chi connectivity index (χ2n) is 8.04. The van der Waals surface area contributed by atoms with E-state index in [2.05, 4.69) is 19.1 Å². The molecule has 3 saturated carbocycles. The van der Waals surface area contributed by atoms with E-state index >= 15 is 0 Å². The van der Waals surface area contributed by atoms with E-state index in [1.165, 1.54) is 63.5 Å². The Bertz CT molecular complexity index is 468. The zero-order valence-corrected chi connectivity index (χ0v) is 13.5. The van der Waals surface area contributed by atoms with Crippen molar-refractivity contribution in [1.29, 1.82) is 0 Å². The van der Waals surface area contributed by atoms with Crippen molar-refractivity contribution in [3.05, 3.63) is 23.7 Å². The molecule has 1 heterocycles. The van der Waals surface area contributed by atoms with Gasteiger partial charge >= 0.3 is 0 Å². The number of furan rings is 1. The van der Waals surface area contributed by atoms with Gasteiger partial charge in [-0.05, 0) is 74.8 Å². The maximum atomic E-state index is 6.00. The van der Waals surface area contributed by atoms with Crippen molar-refractivity contribution in [2.45, 2.75) is 77.0 Å². The molecule has 3 fully saturated rings. The average Bonchev–Trinajstić information content (AvgIpc) is 3.21. The molecule has 21 heavy (non-hydrogen) atoms. The van der Waals surface area contributed by atoms with Gasteiger partial charge in [-0.3, -0.25) is 0 Å². The molecule has 3 aliphatic carbocycles. The van der Waals surface area contributed by atoms with Crippen LogP contribution >= 0.6 is 0 Å². The van der Waals surface area contributed by atoms with Crippen LogP contribution in [0.2, 0.25) is 0 Å². The van der Waals surface area contributed by atoms with Crippen LogP contribution in [-0.2, 0) is 0 Å². The van der Waals surface area contributed by atoms with Gasteiger partial charge < -0.3 is 4.42 Å². The van der Waals surface area contributed by atoms with Crippen LogP contribution in [0.25, 0.3) is 0 Å². The zero-order chi connectivity index (χ0) is 14.2. The van der Waals surface area contributed by atoms with Crippen LogP contribution in [0.5, 0.6) is 0 Å². The Kier molecular flexibility index (Phi) is 3.85. The second kappa shape index (κ2) is 5.82. The Labute approximate surface area is 129 Å². The molecule has 4 rings (SSSR count). The summed E-state index contributed by atoms with van der Waals surface area (Å²) < 4.78 is 6.00. The SMILES string of the molecule is Cc1ccc(C2CCCC3C(CC4CCCC4)CCC23)o1. The van der Waals surface area contributed by atoms with Gasteiger partial charge in [-0.2, -0.15) is 0 Å². The monoisotopic (exact) mass is 286 g/mol. The van der Waals surface area contributed by atoms with Crippen molar-refractivity contribution in [1.82, 2.24) is 0 Å². The molecule has 1 aromatic rings. The van der Waals surface area contributed by atoms with Gasteiger partial charge in [0.15, 0.2) is 0 Å². The van der Waals surface area contributed by atoms with Crippen molar-refractivity contribution in [3.8, 4) is 0 Å². The van der Waals surface area contributed by atoms with E-state index in [0.717, 1.165) is 35.3 Å². The Hall–Kier alpha value is -0.720. The molecular formula is C20H30O. The fraction of sp³-hybridized carbons (Fsp3) is 0.800. The minimum absolute atomic E-state index is 0.728. The van der Waals surface area contributed by atoms with Gasteiger partial charge in [-0.1, -0.05) is 32.1 Å². The van der Waals surface area contributed by atoms with E-state index in [-0.39, 0.29) is 0 Å². The minimum atomic E-state index is 0.728. The molecule has 0 bridgehead atoms. The van der Waals surface area contributed by atoms with Crippen LogP contribution in [-0.4, -0.2) is 0 Å². The second-order valence-corrected chi connectivity index (χ2v) is 8.04. The maximum absolute atomic E-state index is 6.00. The summed E-state index contributed by atoms with van der Waals surface area (Å²) in [7, 11) is 0. The number of hydrogen-bond donors (Lipinski definition) is 0. The van der Waals surface area contributed by atoms with Crippen molar-refractivity contribution >= 4 is 0 Å². The normalized spacial score (nSPS) is 37.0. The van der Waals surface area contributed by atoms with Crippen molar-refractivity contribution in [2.75, 3.05) is 0 Å². The summed E-state index contributed by atoms with van der Waals surface area (Å²) in [6.07, 6.45) is 14.8. The van der Waals surface area contributed by atoms with Gasteiger partial charge in [0.1, 0.15) is 11.5 Å². The fourth-order valence-corrected chi connectivity index (χ4v) is 5.89. The highest BCUT2D eigenvalue weighted by Gasteiger charge is 2.44. The maximum Gasteiger partial charge on any atom is 0.107 e. The van der Waals surface area contributed by atoms with Crippen LogP contribution in [0.3, 0.4) is 0 Å². The van der Waals surface area contributed by atoms with Crippen LogP contribution < -0.4 is 0 Å². The van der Waals surface area contributed by atoms with Gasteiger partial charge in [0, 0.05) is 5.92 Å². The standard InChI is InChI=1S/C20H30O/c1-14-9-12-20(21-14)19-8-4-7-17-16(10-11-18(17)19)13-15-5-2-3-6-15/h9,12,15-19H,2-8,10-11,13H2,1H3. The first-order valence-corrected chi connectivity index (χ1v) is 9.37. The predicted octanol–water partition coefficient (Wildman–Crippen LogP) is 6.08. The van der Waals surface area contributed by atoms with Gasteiger partial charge in [0.25, 0.3) is 0 Å². The van der Waals surface area contributed by atoms with Crippen LogP contribution in [0, 0.1) is 30.6 Å². The molecule has 0 spiro atoms. The van der Waals surface area contributed by atoms with Crippen LogP contribution in [0.4, 0.5) is 0 Å². The lowest BCUT2D eigenvalue weighted by molar-refractivity contribution is 0.168. The van der Waals surface area contributed by atoms with E-state index in [1.54, 1.807) is 6.42 Å². The third-order valence-electron chi connectivity index (χ3n) is 6.83. The highest BCUT2D eigenvalue weighted by Crippen LogP contribution is 2.54. The van der Waals surface area contributed by atoms with E-state index in [1.807, 2.05) is 0 Å². The molecular weight excluding hydrogens is 256 g/mol. The number of rotatable bonds is 3. The molecule has 1 aromatic heterocycles. The van der Waals surface area contributed by atoms with E-state index in [0.29, 0.717) is 0 Å². The summed E-state index contributed by atoms with van der Waals surface area (Å²) in [5, 5.41) is 0. The quantitative estimate of drug-likeness (QED) is 0.656. The molecule has 0 aromatic carbocycles. The lowest BCUT2D eigenvalue weighted by Gasteiger charge is -2.35. The number of aryl methyl sites for hydroxylation is 1. The molecule has 116 valence electrons.